The number of carbonyl (C=O) groups is 2. The van der Waals surface area contributed by atoms with Crippen LogP contribution in [0.25, 0.3) is 22.2 Å². The van der Waals surface area contributed by atoms with Crippen LogP contribution in [0.1, 0.15) is 48.4 Å². The summed E-state index contributed by atoms with van der Waals surface area (Å²) >= 11 is 0. The van der Waals surface area contributed by atoms with E-state index in [1.54, 1.807) is 0 Å². The lowest BCUT2D eigenvalue weighted by Gasteiger charge is -2.20. The van der Waals surface area contributed by atoms with E-state index < -0.39 is 6.09 Å². The second-order valence-corrected chi connectivity index (χ2v) is 9.71. The molecule has 0 unspecified atom stereocenters. The smallest absolute Gasteiger partial charge is 0.407 e. The maximum Gasteiger partial charge on any atom is 0.407 e. The van der Waals surface area contributed by atoms with Gasteiger partial charge in [0.1, 0.15) is 0 Å². The molecular formula is C31H35N3O3. The number of fused-ring (bicyclic) bond motifs is 1. The van der Waals surface area contributed by atoms with Crippen molar-refractivity contribution in [3.05, 3.63) is 89.0 Å². The molecule has 0 radical (unpaired) electrons. The molecule has 0 atom stereocenters. The molecule has 0 aliphatic heterocycles. The molecular weight excluding hydrogens is 462 g/mol. The van der Waals surface area contributed by atoms with Crippen LogP contribution in [0.3, 0.4) is 0 Å². The predicted molar refractivity (Wildman–Crippen MR) is 150 cm³/mol. The Morgan fingerprint density at radius 1 is 0.973 bits per heavy atom. The van der Waals surface area contributed by atoms with E-state index >= 15 is 0 Å². The lowest BCUT2D eigenvalue weighted by Crippen LogP contribution is -2.31. The average Bonchev–Trinajstić information content (AvgIpc) is 3.23. The van der Waals surface area contributed by atoms with Crippen molar-refractivity contribution in [1.82, 2.24) is 9.88 Å². The lowest BCUT2D eigenvalue weighted by molar-refractivity contribution is -0.116. The first-order valence-corrected chi connectivity index (χ1v) is 12.9. The molecule has 6 heteroatoms. The van der Waals surface area contributed by atoms with Gasteiger partial charge in [-0.05, 0) is 73.7 Å². The van der Waals surface area contributed by atoms with Gasteiger partial charge in [-0.25, -0.2) is 4.79 Å². The number of aromatic amines is 1. The Morgan fingerprint density at radius 2 is 1.70 bits per heavy atom. The highest BCUT2D eigenvalue weighted by Gasteiger charge is 2.18. The highest BCUT2D eigenvalue weighted by atomic mass is 16.4. The number of nitrogens with one attached hydrogen (secondary N) is 2. The third kappa shape index (κ3) is 6.58. The first-order chi connectivity index (χ1) is 17.8. The predicted octanol–water partition coefficient (Wildman–Crippen LogP) is 7.30. The fourth-order valence-corrected chi connectivity index (χ4v) is 4.80. The minimum atomic E-state index is -0.944. The number of aryl methyl sites for hydroxylation is 2. The van der Waals surface area contributed by atoms with E-state index in [2.05, 4.69) is 49.3 Å². The van der Waals surface area contributed by atoms with Crippen LogP contribution in [0.15, 0.2) is 66.7 Å². The molecule has 6 nitrogen and oxygen atoms in total. The summed E-state index contributed by atoms with van der Waals surface area (Å²) in [6, 6.07) is 22.0. The van der Waals surface area contributed by atoms with Crippen molar-refractivity contribution in [3.8, 4) is 11.3 Å². The number of H-pyrrole nitrogens is 1. The topological polar surface area (TPSA) is 85.4 Å². The minimum Gasteiger partial charge on any atom is -0.465 e. The summed E-state index contributed by atoms with van der Waals surface area (Å²) in [7, 11) is 0. The highest BCUT2D eigenvalue weighted by molar-refractivity contribution is 5.97. The van der Waals surface area contributed by atoms with Crippen LogP contribution < -0.4 is 5.32 Å². The quantitative estimate of drug-likeness (QED) is 0.215. The van der Waals surface area contributed by atoms with Crippen LogP contribution in [-0.2, 0) is 17.8 Å². The van der Waals surface area contributed by atoms with E-state index in [9.17, 15) is 14.7 Å². The van der Waals surface area contributed by atoms with Gasteiger partial charge in [-0.3, -0.25) is 4.79 Å². The van der Waals surface area contributed by atoms with E-state index in [1.807, 2.05) is 48.5 Å². The van der Waals surface area contributed by atoms with Gasteiger partial charge >= 0.3 is 6.09 Å². The molecule has 0 fully saturated rings. The number of hydrogen-bond donors (Lipinski definition) is 3. The first-order valence-electron chi connectivity index (χ1n) is 12.9. The molecule has 3 N–H and O–H groups in total. The van der Waals surface area contributed by atoms with E-state index in [0.29, 0.717) is 25.9 Å². The van der Waals surface area contributed by atoms with Gasteiger partial charge in [-0.2, -0.15) is 0 Å². The van der Waals surface area contributed by atoms with Crippen LogP contribution in [0.2, 0.25) is 0 Å². The molecule has 4 aromatic rings. The van der Waals surface area contributed by atoms with Gasteiger partial charge in [0.2, 0.25) is 5.91 Å². The van der Waals surface area contributed by atoms with Crippen LogP contribution in [-0.4, -0.2) is 33.5 Å². The van der Waals surface area contributed by atoms with Crippen molar-refractivity contribution in [3.63, 3.8) is 0 Å². The number of aromatic nitrogens is 1. The Balaban J connectivity index is 1.70. The van der Waals surface area contributed by atoms with Crippen molar-refractivity contribution in [2.75, 3.05) is 11.9 Å². The third-order valence-electron chi connectivity index (χ3n) is 6.58. The van der Waals surface area contributed by atoms with Crippen LogP contribution in [0.5, 0.6) is 0 Å². The largest absolute Gasteiger partial charge is 0.465 e. The van der Waals surface area contributed by atoms with Gasteiger partial charge in [-0.1, -0.05) is 60.9 Å². The number of anilines is 1. The van der Waals surface area contributed by atoms with Gasteiger partial charge in [0.15, 0.2) is 0 Å². The Kier molecular flexibility index (Phi) is 8.29. The van der Waals surface area contributed by atoms with Crippen molar-refractivity contribution in [1.29, 1.82) is 0 Å². The summed E-state index contributed by atoms with van der Waals surface area (Å²) in [5.74, 6) is 0.00716. The fraction of sp³-hybridized carbons (Fsp3) is 0.290. The molecule has 1 aromatic heterocycles. The zero-order chi connectivity index (χ0) is 26.4. The number of hydrogen-bond acceptors (Lipinski definition) is 2. The Morgan fingerprint density at radius 3 is 2.38 bits per heavy atom. The molecule has 0 aliphatic rings. The van der Waals surface area contributed by atoms with Crippen LogP contribution in [0, 0.1) is 13.8 Å². The number of amides is 2. The van der Waals surface area contributed by atoms with E-state index in [0.717, 1.165) is 51.8 Å². The number of nitrogens with zero attached hydrogens (tertiary/aromatic N) is 1. The minimum absolute atomic E-state index is 0.00716. The van der Waals surface area contributed by atoms with Gasteiger partial charge in [0.05, 0.1) is 0 Å². The number of carboxylic acid groups (broad SMARTS) is 1. The summed E-state index contributed by atoms with van der Waals surface area (Å²) in [4.78, 5) is 29.5. The monoisotopic (exact) mass is 497 g/mol. The maximum absolute atomic E-state index is 12.4. The van der Waals surface area contributed by atoms with Crippen molar-refractivity contribution >= 4 is 28.6 Å². The average molecular weight is 498 g/mol. The Hall–Kier alpha value is -4.06. The number of carbonyl (C=O) groups excluding carboxylic acids is 1. The zero-order valence-corrected chi connectivity index (χ0v) is 21.8. The zero-order valence-electron chi connectivity index (χ0n) is 21.8. The molecule has 4 rings (SSSR count). The van der Waals surface area contributed by atoms with Crippen LogP contribution >= 0.6 is 0 Å². The number of benzene rings is 3. The Bertz CT molecular complexity index is 1370. The second-order valence-electron chi connectivity index (χ2n) is 9.71. The molecule has 3 aromatic carbocycles. The normalized spacial score (nSPS) is 11.0. The summed E-state index contributed by atoms with van der Waals surface area (Å²) in [5, 5.41) is 13.9. The summed E-state index contributed by atoms with van der Waals surface area (Å²) in [6.45, 7) is 6.90. The third-order valence-corrected chi connectivity index (χ3v) is 6.58. The maximum atomic E-state index is 12.4. The van der Waals surface area contributed by atoms with Crippen molar-refractivity contribution < 1.29 is 14.7 Å². The molecule has 0 saturated carbocycles. The summed E-state index contributed by atoms with van der Waals surface area (Å²) < 4.78 is 0. The van der Waals surface area contributed by atoms with Crippen molar-refractivity contribution in [2.45, 2.75) is 53.0 Å². The molecule has 0 aliphatic carbocycles. The second kappa shape index (κ2) is 11.8. The molecule has 1 heterocycles. The SMILES string of the molecule is CCCCC(=O)Nc1ccc2[nH]c(-c3cc(C)cc(C)c3)c(CCN(Cc3ccccc3)C(=O)O)c2c1. The number of unbranched alkanes of at least 4 members (excludes halogenated alkanes) is 1. The van der Waals surface area contributed by atoms with Crippen LogP contribution in [0.4, 0.5) is 10.5 Å². The lowest BCUT2D eigenvalue weighted by atomic mass is 9.99. The summed E-state index contributed by atoms with van der Waals surface area (Å²) in [6.07, 6.45) is 1.91. The molecule has 37 heavy (non-hydrogen) atoms. The fourth-order valence-electron chi connectivity index (χ4n) is 4.80. The van der Waals surface area contributed by atoms with E-state index in [1.165, 1.54) is 16.0 Å². The van der Waals surface area contributed by atoms with Gasteiger partial charge < -0.3 is 20.3 Å². The number of rotatable bonds is 10. The molecule has 0 bridgehead atoms. The Labute approximate surface area is 218 Å². The van der Waals surface area contributed by atoms with Gasteiger partial charge in [0.25, 0.3) is 0 Å². The van der Waals surface area contributed by atoms with Gasteiger partial charge in [0, 0.05) is 41.8 Å². The molecule has 0 spiro atoms. The molecule has 192 valence electrons. The first kappa shape index (κ1) is 26.0. The highest BCUT2D eigenvalue weighted by Crippen LogP contribution is 2.34. The van der Waals surface area contributed by atoms with Crippen molar-refractivity contribution in [2.24, 2.45) is 0 Å². The molecule has 2 amide bonds. The van der Waals surface area contributed by atoms with E-state index in [-0.39, 0.29) is 5.91 Å². The van der Waals surface area contributed by atoms with E-state index in [4.69, 9.17) is 0 Å². The molecule has 0 saturated heterocycles. The standard InChI is InChI=1S/C31H35N3O3/c1-4-5-11-29(35)32-25-12-13-28-27(19-25)26(30(33-28)24-17-21(2)16-22(3)18-24)14-15-34(31(36)37)20-23-9-7-6-8-10-23/h6-10,12-13,16-19,33H,4-5,11,14-15,20H2,1-3H3,(H,32,35)(H,36,37). The van der Waals surface area contributed by atoms with Gasteiger partial charge in [-0.15, -0.1) is 0 Å². The summed E-state index contributed by atoms with van der Waals surface area (Å²) in [5.41, 5.74) is 8.10.